The Hall–Kier alpha value is -1.07. The van der Waals surface area contributed by atoms with Gasteiger partial charge in [-0.1, -0.05) is 20.8 Å². The highest BCUT2D eigenvalue weighted by molar-refractivity contribution is 5.30. The van der Waals surface area contributed by atoms with E-state index in [4.69, 9.17) is 15.2 Å². The number of ether oxygens (including phenoxy) is 2. The van der Waals surface area contributed by atoms with Gasteiger partial charge in [0.25, 0.3) is 0 Å². The summed E-state index contributed by atoms with van der Waals surface area (Å²) >= 11 is 0. The standard InChI is InChI=1S/C15H29N3O2/c1-6-10-18-13(12(19-5)11-17-18)14(16)15(7-2,8-3)20-9-4/h11,14H,6-10,16H2,1-5H3. The Morgan fingerprint density at radius 3 is 2.40 bits per heavy atom. The Balaban J connectivity index is 3.22. The molecule has 20 heavy (non-hydrogen) atoms. The molecule has 2 N–H and O–H groups in total. The maximum atomic E-state index is 6.57. The topological polar surface area (TPSA) is 62.3 Å². The average molecular weight is 283 g/mol. The molecular weight excluding hydrogens is 254 g/mol. The van der Waals surface area contributed by atoms with Crippen molar-refractivity contribution in [2.45, 2.75) is 65.1 Å². The molecule has 5 heteroatoms. The van der Waals surface area contributed by atoms with E-state index in [2.05, 4.69) is 25.9 Å². The van der Waals surface area contributed by atoms with Crippen molar-refractivity contribution in [1.29, 1.82) is 0 Å². The minimum absolute atomic E-state index is 0.249. The predicted octanol–water partition coefficient (Wildman–Crippen LogP) is 2.90. The zero-order valence-electron chi connectivity index (χ0n) is 13.5. The highest BCUT2D eigenvalue weighted by Gasteiger charge is 2.38. The second-order valence-electron chi connectivity index (χ2n) is 5.00. The van der Waals surface area contributed by atoms with E-state index >= 15 is 0 Å². The molecule has 0 aliphatic rings. The van der Waals surface area contributed by atoms with Crippen LogP contribution in [0.3, 0.4) is 0 Å². The molecule has 0 fully saturated rings. The van der Waals surface area contributed by atoms with Crippen LogP contribution in [-0.2, 0) is 11.3 Å². The van der Waals surface area contributed by atoms with Crippen LogP contribution < -0.4 is 10.5 Å². The van der Waals surface area contributed by atoms with Gasteiger partial charge in [0.2, 0.25) is 0 Å². The molecule has 0 bridgehead atoms. The third kappa shape index (κ3) is 3.15. The molecule has 116 valence electrons. The first-order valence-electron chi connectivity index (χ1n) is 7.59. The van der Waals surface area contributed by atoms with Crippen molar-refractivity contribution in [2.24, 2.45) is 5.73 Å². The van der Waals surface area contributed by atoms with E-state index in [1.54, 1.807) is 13.3 Å². The van der Waals surface area contributed by atoms with Gasteiger partial charge in [-0.25, -0.2) is 0 Å². The van der Waals surface area contributed by atoms with Crippen LogP contribution in [0.15, 0.2) is 6.20 Å². The summed E-state index contributed by atoms with van der Waals surface area (Å²) in [5.41, 5.74) is 7.14. The summed E-state index contributed by atoms with van der Waals surface area (Å²) in [6.45, 7) is 9.85. The van der Waals surface area contributed by atoms with Gasteiger partial charge in [-0.2, -0.15) is 5.10 Å². The van der Waals surface area contributed by atoms with Crippen LogP contribution >= 0.6 is 0 Å². The van der Waals surface area contributed by atoms with Crippen molar-refractivity contribution in [3.05, 3.63) is 11.9 Å². The number of methoxy groups -OCH3 is 1. The Morgan fingerprint density at radius 2 is 1.95 bits per heavy atom. The van der Waals surface area contributed by atoms with Gasteiger partial charge >= 0.3 is 0 Å². The molecule has 1 unspecified atom stereocenters. The Bertz CT molecular complexity index is 400. The van der Waals surface area contributed by atoms with Gasteiger partial charge in [0.05, 0.1) is 30.6 Å². The Labute approximate surface area is 122 Å². The fourth-order valence-corrected chi connectivity index (χ4v) is 2.76. The van der Waals surface area contributed by atoms with Gasteiger partial charge < -0.3 is 15.2 Å². The lowest BCUT2D eigenvalue weighted by atomic mass is 9.86. The van der Waals surface area contributed by atoms with Gasteiger partial charge in [0, 0.05) is 13.2 Å². The summed E-state index contributed by atoms with van der Waals surface area (Å²) in [4.78, 5) is 0. The number of nitrogens with two attached hydrogens (primary N) is 1. The average Bonchev–Trinajstić information content (AvgIpc) is 2.87. The minimum atomic E-state index is -0.368. The highest BCUT2D eigenvalue weighted by Crippen LogP contribution is 2.37. The Kier molecular flexibility index (Phi) is 6.49. The lowest BCUT2D eigenvalue weighted by Gasteiger charge is -2.37. The van der Waals surface area contributed by atoms with E-state index in [1.165, 1.54) is 0 Å². The first-order valence-corrected chi connectivity index (χ1v) is 7.59. The van der Waals surface area contributed by atoms with Crippen LogP contribution in [0.1, 0.15) is 58.7 Å². The van der Waals surface area contributed by atoms with Crippen molar-refractivity contribution in [3.8, 4) is 5.75 Å². The molecule has 0 spiro atoms. The monoisotopic (exact) mass is 283 g/mol. The van der Waals surface area contributed by atoms with Crippen molar-refractivity contribution in [1.82, 2.24) is 9.78 Å². The van der Waals surface area contributed by atoms with Crippen LogP contribution in [0.2, 0.25) is 0 Å². The van der Waals surface area contributed by atoms with E-state index in [9.17, 15) is 0 Å². The van der Waals surface area contributed by atoms with E-state index in [1.807, 2.05) is 11.6 Å². The van der Waals surface area contributed by atoms with Gasteiger partial charge in [-0.3, -0.25) is 4.68 Å². The molecule has 1 atom stereocenters. The molecule has 5 nitrogen and oxygen atoms in total. The second kappa shape index (κ2) is 7.64. The summed E-state index contributed by atoms with van der Waals surface area (Å²) < 4.78 is 13.4. The molecule has 0 aromatic carbocycles. The maximum Gasteiger partial charge on any atom is 0.161 e. The summed E-state index contributed by atoms with van der Waals surface area (Å²) in [5.74, 6) is 0.747. The van der Waals surface area contributed by atoms with Gasteiger partial charge in [-0.15, -0.1) is 0 Å². The molecule has 0 aliphatic carbocycles. The lowest BCUT2D eigenvalue weighted by molar-refractivity contribution is -0.0666. The predicted molar refractivity (Wildman–Crippen MR) is 80.9 cm³/mol. The lowest BCUT2D eigenvalue weighted by Crippen LogP contribution is -2.44. The molecule has 1 aromatic rings. The SMILES string of the molecule is CCCn1ncc(OC)c1C(N)C(CC)(CC)OCC. The molecule has 0 saturated heterocycles. The molecular formula is C15H29N3O2. The van der Waals surface area contributed by atoms with Gasteiger partial charge in [0.15, 0.2) is 5.75 Å². The number of hydrogen-bond acceptors (Lipinski definition) is 4. The molecule has 0 saturated carbocycles. The molecule has 1 heterocycles. The van der Waals surface area contributed by atoms with Crippen LogP contribution in [-0.4, -0.2) is 29.1 Å². The number of nitrogens with zero attached hydrogens (tertiary/aromatic N) is 2. The molecule has 1 aromatic heterocycles. The van der Waals surface area contributed by atoms with Gasteiger partial charge in [0.1, 0.15) is 0 Å². The third-order valence-corrected chi connectivity index (χ3v) is 3.99. The first kappa shape index (κ1) is 17.0. The van der Waals surface area contributed by atoms with Crippen LogP contribution in [0.25, 0.3) is 0 Å². The van der Waals surface area contributed by atoms with Crippen molar-refractivity contribution in [2.75, 3.05) is 13.7 Å². The fourth-order valence-electron chi connectivity index (χ4n) is 2.76. The molecule has 0 aliphatic heterocycles. The quantitative estimate of drug-likeness (QED) is 0.757. The first-order chi connectivity index (χ1) is 9.60. The third-order valence-electron chi connectivity index (χ3n) is 3.99. The van der Waals surface area contributed by atoms with Crippen LogP contribution in [0.5, 0.6) is 5.75 Å². The van der Waals surface area contributed by atoms with E-state index in [0.717, 1.165) is 37.3 Å². The number of hydrogen-bond donors (Lipinski definition) is 1. The molecule has 0 amide bonds. The smallest absolute Gasteiger partial charge is 0.161 e. The minimum Gasteiger partial charge on any atom is -0.493 e. The summed E-state index contributed by atoms with van der Waals surface area (Å²) in [7, 11) is 1.66. The largest absolute Gasteiger partial charge is 0.493 e. The Morgan fingerprint density at radius 1 is 1.30 bits per heavy atom. The summed E-state index contributed by atoms with van der Waals surface area (Å²) in [6.07, 6.45) is 4.47. The van der Waals surface area contributed by atoms with Gasteiger partial charge in [-0.05, 0) is 26.2 Å². The normalized spacial score (nSPS) is 13.5. The highest BCUT2D eigenvalue weighted by atomic mass is 16.5. The van der Waals surface area contributed by atoms with Crippen molar-refractivity contribution in [3.63, 3.8) is 0 Å². The van der Waals surface area contributed by atoms with Crippen molar-refractivity contribution >= 4 is 0 Å². The van der Waals surface area contributed by atoms with E-state index in [-0.39, 0.29) is 11.6 Å². The summed E-state index contributed by atoms with van der Waals surface area (Å²) in [5, 5.41) is 4.40. The van der Waals surface area contributed by atoms with Crippen LogP contribution in [0.4, 0.5) is 0 Å². The summed E-state index contributed by atoms with van der Waals surface area (Å²) in [6, 6.07) is -0.249. The second-order valence-corrected chi connectivity index (χ2v) is 5.00. The zero-order chi connectivity index (χ0) is 15.2. The van der Waals surface area contributed by atoms with E-state index in [0.29, 0.717) is 6.61 Å². The number of aromatic nitrogens is 2. The number of aryl methyl sites for hydroxylation is 1. The molecule has 1 rings (SSSR count). The van der Waals surface area contributed by atoms with Crippen LogP contribution in [0, 0.1) is 0 Å². The maximum absolute atomic E-state index is 6.57. The molecule has 0 radical (unpaired) electrons. The van der Waals surface area contributed by atoms with E-state index < -0.39 is 0 Å². The zero-order valence-corrected chi connectivity index (χ0v) is 13.5. The number of rotatable bonds is 9. The van der Waals surface area contributed by atoms with Crippen molar-refractivity contribution < 1.29 is 9.47 Å². The fraction of sp³-hybridized carbons (Fsp3) is 0.800.